The summed E-state index contributed by atoms with van der Waals surface area (Å²) in [5, 5.41) is 23.7. The lowest BCUT2D eigenvalue weighted by molar-refractivity contribution is 0.112. The Bertz CT molecular complexity index is 816. The number of hydrogen-bond donors (Lipinski definition) is 4. The average Bonchev–Trinajstić information content (AvgIpc) is 2.67. The van der Waals surface area contributed by atoms with Gasteiger partial charge in [-0.1, -0.05) is 61.7 Å². The molecule has 0 aliphatic heterocycles. The zero-order valence-electron chi connectivity index (χ0n) is 15.7. The van der Waals surface area contributed by atoms with E-state index < -0.39 is 12.2 Å². The zero-order valence-corrected chi connectivity index (χ0v) is 15.7. The Labute approximate surface area is 164 Å². The van der Waals surface area contributed by atoms with E-state index in [4.69, 9.17) is 5.11 Å². The molecule has 1 fully saturated rings. The molecule has 0 bridgehead atoms. The molecular formula is C22H26N2O4. The molecule has 2 amide bonds. The monoisotopic (exact) mass is 382 g/mol. The molecule has 6 heteroatoms. The molecule has 0 saturated heterocycles. The third-order valence-corrected chi connectivity index (χ3v) is 5.60. The molecule has 2 aromatic rings. The molecule has 1 aliphatic carbocycles. The molecule has 1 unspecified atom stereocenters. The number of benzene rings is 2. The summed E-state index contributed by atoms with van der Waals surface area (Å²) >= 11 is 0. The van der Waals surface area contributed by atoms with Crippen molar-refractivity contribution in [3.8, 4) is 0 Å². The van der Waals surface area contributed by atoms with Gasteiger partial charge in [0.25, 0.3) is 0 Å². The zero-order chi connectivity index (χ0) is 20.0. The number of hydrogen-bond acceptors (Lipinski definition) is 2. The molecule has 0 aromatic heterocycles. The maximum atomic E-state index is 11.6. The van der Waals surface area contributed by atoms with E-state index in [1.165, 1.54) is 0 Å². The van der Waals surface area contributed by atoms with Gasteiger partial charge in [-0.2, -0.15) is 0 Å². The van der Waals surface area contributed by atoms with Crippen LogP contribution in [0.1, 0.15) is 49.3 Å². The van der Waals surface area contributed by atoms with Crippen LogP contribution in [0.3, 0.4) is 0 Å². The molecule has 3 rings (SSSR count). The lowest BCUT2D eigenvalue weighted by Gasteiger charge is -2.44. The fourth-order valence-corrected chi connectivity index (χ4v) is 4.47. The third kappa shape index (κ3) is 4.82. The first kappa shape index (κ1) is 19.7. The molecule has 148 valence electrons. The number of nitrogens with one attached hydrogen (secondary N) is 2. The minimum atomic E-state index is -1.10. The van der Waals surface area contributed by atoms with E-state index in [-0.39, 0.29) is 11.5 Å². The molecule has 1 atom stereocenters. The highest BCUT2D eigenvalue weighted by Gasteiger charge is 2.41. The van der Waals surface area contributed by atoms with Gasteiger partial charge in [-0.3, -0.25) is 5.32 Å². The first-order valence-corrected chi connectivity index (χ1v) is 9.62. The molecule has 4 N–H and O–H groups in total. The summed E-state index contributed by atoms with van der Waals surface area (Å²) in [5.74, 6) is 0. The molecule has 28 heavy (non-hydrogen) atoms. The van der Waals surface area contributed by atoms with Gasteiger partial charge in [-0.25, -0.2) is 9.59 Å². The topological polar surface area (TPSA) is 98.7 Å². The molecule has 6 nitrogen and oxygen atoms in total. The summed E-state index contributed by atoms with van der Waals surface area (Å²) in [7, 11) is 0. The Morgan fingerprint density at radius 1 is 0.929 bits per heavy atom. The Morgan fingerprint density at radius 3 is 2.29 bits per heavy atom. The molecule has 0 radical (unpaired) electrons. The summed E-state index contributed by atoms with van der Waals surface area (Å²) in [6.07, 6.45) is 3.65. The molecule has 0 heterocycles. The SMILES string of the molecule is O=C(O)Nc1cccc(CC2(C(NC(=O)O)c3ccccc3)CCCCC2)c1. The smallest absolute Gasteiger partial charge is 0.409 e. The van der Waals surface area contributed by atoms with Crippen molar-refractivity contribution in [3.05, 3.63) is 65.7 Å². The molecule has 2 aromatic carbocycles. The van der Waals surface area contributed by atoms with E-state index in [1.807, 2.05) is 48.5 Å². The van der Waals surface area contributed by atoms with Crippen LogP contribution in [-0.2, 0) is 6.42 Å². The van der Waals surface area contributed by atoms with Gasteiger partial charge >= 0.3 is 12.2 Å². The number of amides is 2. The van der Waals surface area contributed by atoms with Crippen LogP contribution in [0, 0.1) is 5.41 Å². The fourth-order valence-electron chi connectivity index (χ4n) is 4.47. The summed E-state index contributed by atoms with van der Waals surface area (Å²) in [4.78, 5) is 22.6. The van der Waals surface area contributed by atoms with E-state index in [9.17, 15) is 14.7 Å². The van der Waals surface area contributed by atoms with Gasteiger partial charge in [-0.15, -0.1) is 0 Å². The van der Waals surface area contributed by atoms with Gasteiger partial charge in [0, 0.05) is 5.69 Å². The predicted octanol–water partition coefficient (Wildman–Crippen LogP) is 5.28. The van der Waals surface area contributed by atoms with Gasteiger partial charge in [0.1, 0.15) is 0 Å². The number of carboxylic acid groups (broad SMARTS) is 2. The maximum Gasteiger partial charge on any atom is 0.409 e. The van der Waals surface area contributed by atoms with E-state index in [2.05, 4.69) is 10.6 Å². The van der Waals surface area contributed by atoms with E-state index in [1.54, 1.807) is 6.07 Å². The highest BCUT2D eigenvalue weighted by atomic mass is 16.4. The quantitative estimate of drug-likeness (QED) is 0.546. The van der Waals surface area contributed by atoms with Crippen LogP contribution >= 0.6 is 0 Å². The third-order valence-electron chi connectivity index (χ3n) is 5.60. The standard InChI is InChI=1S/C22H26N2O4/c25-20(26)23-18-11-7-8-16(14-18)15-22(12-5-2-6-13-22)19(24-21(27)28)17-9-3-1-4-10-17/h1,3-4,7-11,14,19,23-24H,2,5-6,12-13,15H2,(H,25,26)(H,27,28). The van der Waals surface area contributed by atoms with Gasteiger partial charge in [0.05, 0.1) is 6.04 Å². The second-order valence-corrected chi connectivity index (χ2v) is 7.52. The highest BCUT2D eigenvalue weighted by molar-refractivity contribution is 5.82. The second kappa shape index (κ2) is 8.78. The van der Waals surface area contributed by atoms with Crippen molar-refractivity contribution in [1.82, 2.24) is 5.32 Å². The number of carbonyl (C=O) groups is 2. The average molecular weight is 382 g/mol. The van der Waals surface area contributed by atoms with Crippen LogP contribution in [0.5, 0.6) is 0 Å². The van der Waals surface area contributed by atoms with Crippen molar-refractivity contribution >= 4 is 17.9 Å². The van der Waals surface area contributed by atoms with Crippen LogP contribution in [0.2, 0.25) is 0 Å². The largest absolute Gasteiger partial charge is 0.465 e. The maximum absolute atomic E-state index is 11.6. The van der Waals surface area contributed by atoms with Crippen LogP contribution in [0.4, 0.5) is 15.3 Å². The highest BCUT2D eigenvalue weighted by Crippen LogP contribution is 2.48. The van der Waals surface area contributed by atoms with Gasteiger partial charge in [0.15, 0.2) is 0 Å². The lowest BCUT2D eigenvalue weighted by Crippen LogP contribution is -2.43. The van der Waals surface area contributed by atoms with Crippen LogP contribution in [-0.4, -0.2) is 22.4 Å². The Morgan fingerprint density at radius 2 is 1.64 bits per heavy atom. The van der Waals surface area contributed by atoms with Crippen molar-refractivity contribution in [2.24, 2.45) is 5.41 Å². The van der Waals surface area contributed by atoms with Crippen LogP contribution in [0.25, 0.3) is 0 Å². The predicted molar refractivity (Wildman–Crippen MR) is 108 cm³/mol. The van der Waals surface area contributed by atoms with E-state index >= 15 is 0 Å². The van der Waals surface area contributed by atoms with Crippen molar-refractivity contribution in [3.63, 3.8) is 0 Å². The Balaban J connectivity index is 1.97. The summed E-state index contributed by atoms with van der Waals surface area (Å²) in [6, 6.07) is 16.8. The van der Waals surface area contributed by atoms with E-state index in [0.29, 0.717) is 12.1 Å². The van der Waals surface area contributed by atoms with Crippen molar-refractivity contribution in [2.45, 2.75) is 44.6 Å². The fraction of sp³-hybridized carbons (Fsp3) is 0.364. The van der Waals surface area contributed by atoms with Gasteiger partial charge in [0.2, 0.25) is 0 Å². The van der Waals surface area contributed by atoms with Crippen molar-refractivity contribution in [2.75, 3.05) is 5.32 Å². The Kier molecular flexibility index (Phi) is 6.19. The van der Waals surface area contributed by atoms with Gasteiger partial charge in [-0.05, 0) is 47.9 Å². The first-order valence-electron chi connectivity index (χ1n) is 9.62. The van der Waals surface area contributed by atoms with Crippen molar-refractivity contribution < 1.29 is 19.8 Å². The minimum absolute atomic E-state index is 0.250. The number of anilines is 1. The summed E-state index contributed by atoms with van der Waals surface area (Å²) in [6.45, 7) is 0. The van der Waals surface area contributed by atoms with E-state index in [0.717, 1.165) is 43.2 Å². The first-order chi connectivity index (χ1) is 13.5. The molecular weight excluding hydrogens is 356 g/mol. The molecule has 1 saturated carbocycles. The van der Waals surface area contributed by atoms with Crippen LogP contribution in [0.15, 0.2) is 54.6 Å². The molecule has 1 aliphatic rings. The van der Waals surface area contributed by atoms with Gasteiger partial charge < -0.3 is 15.5 Å². The normalized spacial score (nSPS) is 16.7. The minimum Gasteiger partial charge on any atom is -0.465 e. The summed E-state index contributed by atoms with van der Waals surface area (Å²) in [5.41, 5.74) is 2.24. The Hall–Kier alpha value is -3.02. The molecule has 0 spiro atoms. The van der Waals surface area contributed by atoms with Crippen molar-refractivity contribution in [1.29, 1.82) is 0 Å². The van der Waals surface area contributed by atoms with Crippen LogP contribution < -0.4 is 10.6 Å². The summed E-state index contributed by atoms with van der Waals surface area (Å²) < 4.78 is 0. The second-order valence-electron chi connectivity index (χ2n) is 7.52. The lowest BCUT2D eigenvalue weighted by atomic mass is 9.64. The number of rotatable bonds is 6.